The molecule has 6 nitrogen and oxygen atoms in total. The maximum atomic E-state index is 11.5. The van der Waals surface area contributed by atoms with Crippen molar-refractivity contribution in [1.82, 2.24) is 9.29 Å². The standard InChI is InChI=1S/C10H16N4O2S/c1-14(2)17(15,16)13-9-5-6-10(11-7-9)12-8-3-4-8/h5-8,13H,3-4H2,1-2H3,(H,11,12). The number of nitrogens with zero attached hydrogens (tertiary/aromatic N) is 2. The molecule has 1 fully saturated rings. The number of aromatic nitrogens is 1. The van der Waals surface area contributed by atoms with E-state index in [4.69, 9.17) is 0 Å². The largest absolute Gasteiger partial charge is 0.367 e. The van der Waals surface area contributed by atoms with Crippen molar-refractivity contribution in [3.8, 4) is 0 Å². The molecule has 0 radical (unpaired) electrons. The Morgan fingerprint density at radius 3 is 2.53 bits per heavy atom. The Bertz CT molecular complexity index is 480. The third kappa shape index (κ3) is 3.31. The number of rotatable bonds is 5. The molecule has 1 saturated carbocycles. The molecule has 0 atom stereocenters. The van der Waals surface area contributed by atoms with E-state index in [1.54, 1.807) is 12.1 Å². The van der Waals surface area contributed by atoms with Crippen LogP contribution in [0.4, 0.5) is 11.5 Å². The van der Waals surface area contributed by atoms with E-state index in [0.717, 1.165) is 10.1 Å². The van der Waals surface area contributed by atoms with E-state index in [9.17, 15) is 8.42 Å². The normalized spacial score (nSPS) is 15.9. The summed E-state index contributed by atoms with van der Waals surface area (Å²) >= 11 is 0. The monoisotopic (exact) mass is 256 g/mol. The molecule has 0 bridgehead atoms. The van der Waals surface area contributed by atoms with Crippen molar-refractivity contribution in [2.45, 2.75) is 18.9 Å². The molecule has 0 aliphatic heterocycles. The number of hydrogen-bond acceptors (Lipinski definition) is 4. The summed E-state index contributed by atoms with van der Waals surface area (Å²) in [5.41, 5.74) is 0.458. The first-order chi connectivity index (χ1) is 7.97. The molecule has 0 saturated heterocycles. The van der Waals surface area contributed by atoms with Gasteiger partial charge in [-0.3, -0.25) is 4.72 Å². The zero-order valence-corrected chi connectivity index (χ0v) is 10.7. The lowest BCUT2D eigenvalue weighted by molar-refractivity contribution is 0.527. The average molecular weight is 256 g/mol. The van der Waals surface area contributed by atoms with Crippen LogP contribution < -0.4 is 10.0 Å². The highest BCUT2D eigenvalue weighted by Crippen LogP contribution is 2.24. The van der Waals surface area contributed by atoms with Crippen molar-refractivity contribution in [1.29, 1.82) is 0 Å². The molecule has 7 heteroatoms. The van der Waals surface area contributed by atoms with Crippen LogP contribution in [0.3, 0.4) is 0 Å². The van der Waals surface area contributed by atoms with E-state index in [-0.39, 0.29) is 0 Å². The summed E-state index contributed by atoms with van der Waals surface area (Å²) in [7, 11) is -0.510. The Balaban J connectivity index is 2.02. The van der Waals surface area contributed by atoms with Crippen LogP contribution in [0.2, 0.25) is 0 Å². The lowest BCUT2D eigenvalue weighted by Gasteiger charge is -2.13. The zero-order chi connectivity index (χ0) is 12.5. The number of pyridine rings is 1. The highest BCUT2D eigenvalue weighted by atomic mass is 32.2. The van der Waals surface area contributed by atoms with Crippen molar-refractivity contribution in [3.63, 3.8) is 0 Å². The van der Waals surface area contributed by atoms with Gasteiger partial charge in [0.15, 0.2) is 0 Å². The minimum Gasteiger partial charge on any atom is -0.367 e. The van der Waals surface area contributed by atoms with Crippen LogP contribution in [-0.4, -0.2) is 37.8 Å². The quantitative estimate of drug-likeness (QED) is 0.820. The van der Waals surface area contributed by atoms with E-state index in [0.29, 0.717) is 11.7 Å². The van der Waals surface area contributed by atoms with Crippen LogP contribution in [0.25, 0.3) is 0 Å². The van der Waals surface area contributed by atoms with Gasteiger partial charge in [-0.25, -0.2) is 4.98 Å². The molecule has 17 heavy (non-hydrogen) atoms. The Hall–Kier alpha value is -1.34. The summed E-state index contributed by atoms with van der Waals surface area (Å²) in [4.78, 5) is 4.15. The molecule has 1 aromatic heterocycles. The van der Waals surface area contributed by atoms with Gasteiger partial charge in [0, 0.05) is 20.1 Å². The molecule has 0 aromatic carbocycles. The summed E-state index contributed by atoms with van der Waals surface area (Å²) in [6.45, 7) is 0. The summed E-state index contributed by atoms with van der Waals surface area (Å²) in [5, 5.41) is 3.23. The number of anilines is 2. The molecule has 1 aliphatic rings. The number of hydrogen-bond donors (Lipinski definition) is 2. The van der Waals surface area contributed by atoms with Crippen LogP contribution >= 0.6 is 0 Å². The van der Waals surface area contributed by atoms with Gasteiger partial charge in [-0.05, 0) is 25.0 Å². The molecule has 0 amide bonds. The molecule has 0 spiro atoms. The van der Waals surface area contributed by atoms with Gasteiger partial charge >= 0.3 is 10.2 Å². The fourth-order valence-corrected chi connectivity index (χ4v) is 1.82. The molecular weight excluding hydrogens is 240 g/mol. The molecule has 1 aromatic rings. The van der Waals surface area contributed by atoms with E-state index >= 15 is 0 Å². The second kappa shape index (κ2) is 4.50. The van der Waals surface area contributed by atoms with Gasteiger partial charge in [0.05, 0.1) is 11.9 Å². The van der Waals surface area contributed by atoms with Crippen LogP contribution in [0.1, 0.15) is 12.8 Å². The Morgan fingerprint density at radius 1 is 1.35 bits per heavy atom. The highest BCUT2D eigenvalue weighted by molar-refractivity contribution is 7.90. The van der Waals surface area contributed by atoms with Crippen molar-refractivity contribution < 1.29 is 8.42 Å². The molecule has 0 unspecified atom stereocenters. The van der Waals surface area contributed by atoms with Crippen molar-refractivity contribution >= 4 is 21.7 Å². The second-order valence-electron chi connectivity index (χ2n) is 4.24. The minimum atomic E-state index is -3.45. The van der Waals surface area contributed by atoms with Crippen LogP contribution in [0.5, 0.6) is 0 Å². The van der Waals surface area contributed by atoms with Gasteiger partial charge in [-0.2, -0.15) is 12.7 Å². The third-order valence-electron chi connectivity index (χ3n) is 2.42. The lowest BCUT2D eigenvalue weighted by Crippen LogP contribution is -2.28. The van der Waals surface area contributed by atoms with Crippen molar-refractivity contribution in [2.24, 2.45) is 0 Å². The smallest absolute Gasteiger partial charge is 0.301 e. The highest BCUT2D eigenvalue weighted by Gasteiger charge is 2.21. The van der Waals surface area contributed by atoms with E-state index < -0.39 is 10.2 Å². The van der Waals surface area contributed by atoms with Gasteiger partial charge < -0.3 is 5.32 Å². The fraction of sp³-hybridized carbons (Fsp3) is 0.500. The predicted molar refractivity (Wildman–Crippen MR) is 67.1 cm³/mol. The maximum Gasteiger partial charge on any atom is 0.301 e. The SMILES string of the molecule is CN(C)S(=O)(=O)Nc1ccc(NC2CC2)nc1. The summed E-state index contributed by atoms with van der Waals surface area (Å²) < 4.78 is 26.6. The summed E-state index contributed by atoms with van der Waals surface area (Å²) in [5.74, 6) is 0.778. The van der Waals surface area contributed by atoms with Crippen LogP contribution in [0, 0.1) is 0 Å². The number of nitrogens with one attached hydrogen (secondary N) is 2. The van der Waals surface area contributed by atoms with Crippen molar-refractivity contribution in [2.75, 3.05) is 24.1 Å². The first-order valence-corrected chi connectivity index (χ1v) is 6.84. The average Bonchev–Trinajstić information content (AvgIpc) is 3.04. The molecule has 2 N–H and O–H groups in total. The maximum absolute atomic E-state index is 11.5. The topological polar surface area (TPSA) is 74.3 Å². The zero-order valence-electron chi connectivity index (χ0n) is 9.84. The summed E-state index contributed by atoms with van der Waals surface area (Å²) in [6.07, 6.45) is 3.86. The van der Waals surface area contributed by atoms with Crippen LogP contribution in [0.15, 0.2) is 18.3 Å². The Labute approximate surface area is 101 Å². The summed E-state index contributed by atoms with van der Waals surface area (Å²) in [6, 6.07) is 4.00. The third-order valence-corrected chi connectivity index (χ3v) is 3.88. The van der Waals surface area contributed by atoms with Gasteiger partial charge in [0.1, 0.15) is 5.82 Å². The van der Waals surface area contributed by atoms with Gasteiger partial charge in [-0.1, -0.05) is 0 Å². The lowest BCUT2D eigenvalue weighted by atomic mass is 10.4. The molecule has 2 rings (SSSR count). The van der Waals surface area contributed by atoms with Gasteiger partial charge in [-0.15, -0.1) is 0 Å². The first-order valence-electron chi connectivity index (χ1n) is 5.40. The van der Waals surface area contributed by atoms with Gasteiger partial charge in [0.2, 0.25) is 0 Å². The van der Waals surface area contributed by atoms with Crippen molar-refractivity contribution in [3.05, 3.63) is 18.3 Å². The molecule has 1 heterocycles. The van der Waals surface area contributed by atoms with Crippen LogP contribution in [-0.2, 0) is 10.2 Å². The van der Waals surface area contributed by atoms with E-state index in [2.05, 4.69) is 15.0 Å². The Morgan fingerprint density at radius 2 is 2.06 bits per heavy atom. The van der Waals surface area contributed by atoms with Gasteiger partial charge in [0.25, 0.3) is 0 Å². The Kier molecular flexibility index (Phi) is 3.21. The first kappa shape index (κ1) is 12.1. The fourth-order valence-electron chi connectivity index (χ4n) is 1.22. The predicted octanol–water partition coefficient (Wildman–Crippen LogP) is 0.874. The minimum absolute atomic E-state index is 0.458. The second-order valence-corrected chi connectivity index (χ2v) is 6.12. The molecular formula is C10H16N4O2S. The molecule has 1 aliphatic carbocycles. The molecule has 94 valence electrons. The van der Waals surface area contributed by atoms with E-state index in [1.807, 2.05) is 0 Å². The van der Waals surface area contributed by atoms with E-state index in [1.165, 1.54) is 33.1 Å².